The highest BCUT2D eigenvalue weighted by atomic mass is 16.7. The summed E-state index contributed by atoms with van der Waals surface area (Å²) in [6.07, 6.45) is -0.496. The van der Waals surface area contributed by atoms with Crippen molar-refractivity contribution in [3.8, 4) is 0 Å². The van der Waals surface area contributed by atoms with Gasteiger partial charge in [0.25, 0.3) is 0 Å². The minimum atomic E-state index is -1.24. The molecule has 178 valence electrons. The zero-order valence-corrected chi connectivity index (χ0v) is 20.2. The van der Waals surface area contributed by atoms with E-state index in [1.165, 1.54) is 6.42 Å². The molecule has 11 atom stereocenters. The van der Waals surface area contributed by atoms with Crippen LogP contribution in [0, 0.1) is 40.9 Å². The number of aliphatic hydroxyl groups excluding tert-OH is 2. The molecule has 3 aliphatic carbocycles. The third kappa shape index (κ3) is 3.85. The van der Waals surface area contributed by atoms with E-state index >= 15 is 0 Å². The SMILES string of the molecule is CC(C)C(=O)O[C@H]1[C@H](O[C@]2(C)CC[C@@H]3[C@H]([C@@H]4[C@H](C)CC[C@@H]42)C3(C)C)O[C@H](C)[C@H](O)[C@@H]1O. The summed E-state index contributed by atoms with van der Waals surface area (Å²) >= 11 is 0. The van der Waals surface area contributed by atoms with E-state index in [1.54, 1.807) is 20.8 Å². The molecule has 0 spiro atoms. The van der Waals surface area contributed by atoms with Gasteiger partial charge in [-0.2, -0.15) is 0 Å². The van der Waals surface area contributed by atoms with E-state index in [0.29, 0.717) is 23.2 Å². The molecule has 4 fully saturated rings. The molecule has 3 saturated carbocycles. The third-order valence-corrected chi connectivity index (χ3v) is 9.24. The molecule has 1 saturated heterocycles. The van der Waals surface area contributed by atoms with Crippen molar-refractivity contribution in [3.05, 3.63) is 0 Å². The van der Waals surface area contributed by atoms with Crippen LogP contribution >= 0.6 is 0 Å². The molecule has 0 radical (unpaired) electrons. The van der Waals surface area contributed by atoms with Gasteiger partial charge in [0, 0.05) is 0 Å². The Morgan fingerprint density at radius 3 is 2.35 bits per heavy atom. The first-order valence-corrected chi connectivity index (χ1v) is 12.3. The monoisotopic (exact) mass is 438 g/mol. The number of hydrogen-bond donors (Lipinski definition) is 2. The Labute approximate surface area is 187 Å². The topological polar surface area (TPSA) is 85.2 Å². The van der Waals surface area contributed by atoms with Gasteiger partial charge in [-0.1, -0.05) is 41.0 Å². The lowest BCUT2D eigenvalue weighted by atomic mass is 9.74. The zero-order valence-electron chi connectivity index (χ0n) is 20.2. The van der Waals surface area contributed by atoms with E-state index in [2.05, 4.69) is 27.7 Å². The summed E-state index contributed by atoms with van der Waals surface area (Å²) in [5, 5.41) is 21.1. The number of hydrogen-bond acceptors (Lipinski definition) is 6. The maximum Gasteiger partial charge on any atom is 0.308 e. The highest BCUT2D eigenvalue weighted by molar-refractivity contribution is 5.71. The van der Waals surface area contributed by atoms with E-state index in [1.807, 2.05) is 0 Å². The van der Waals surface area contributed by atoms with Crippen LogP contribution in [0.3, 0.4) is 0 Å². The summed E-state index contributed by atoms with van der Waals surface area (Å²) in [6.45, 7) is 14.6. The molecule has 0 aromatic carbocycles. The average molecular weight is 439 g/mol. The third-order valence-electron chi connectivity index (χ3n) is 9.24. The van der Waals surface area contributed by atoms with E-state index in [4.69, 9.17) is 14.2 Å². The van der Waals surface area contributed by atoms with Crippen molar-refractivity contribution < 1.29 is 29.2 Å². The Kier molecular flexibility index (Phi) is 6.03. The van der Waals surface area contributed by atoms with Crippen molar-refractivity contribution >= 4 is 5.97 Å². The highest BCUT2D eigenvalue weighted by Crippen LogP contribution is 2.71. The van der Waals surface area contributed by atoms with Gasteiger partial charge in [-0.3, -0.25) is 4.79 Å². The smallest absolute Gasteiger partial charge is 0.308 e. The van der Waals surface area contributed by atoms with Crippen LogP contribution in [0.1, 0.15) is 74.1 Å². The van der Waals surface area contributed by atoms with Crippen LogP contribution in [0.25, 0.3) is 0 Å². The van der Waals surface area contributed by atoms with Crippen LogP contribution in [0.15, 0.2) is 0 Å². The molecule has 0 aromatic rings. The van der Waals surface area contributed by atoms with Gasteiger partial charge in [-0.25, -0.2) is 0 Å². The van der Waals surface area contributed by atoms with Crippen LogP contribution in [-0.2, 0) is 19.0 Å². The first-order valence-electron chi connectivity index (χ1n) is 12.3. The molecule has 6 nitrogen and oxygen atoms in total. The largest absolute Gasteiger partial charge is 0.454 e. The van der Waals surface area contributed by atoms with E-state index < -0.39 is 42.3 Å². The van der Waals surface area contributed by atoms with Crippen molar-refractivity contribution in [2.75, 3.05) is 0 Å². The maximum atomic E-state index is 12.3. The fourth-order valence-corrected chi connectivity index (χ4v) is 7.17. The molecular weight excluding hydrogens is 396 g/mol. The molecule has 6 heteroatoms. The molecular formula is C25H42O6. The number of carbonyl (C=O) groups is 1. The lowest BCUT2D eigenvalue weighted by molar-refractivity contribution is -0.329. The van der Waals surface area contributed by atoms with Gasteiger partial charge < -0.3 is 24.4 Å². The van der Waals surface area contributed by atoms with Crippen molar-refractivity contribution in [3.63, 3.8) is 0 Å². The second-order valence-electron chi connectivity index (χ2n) is 11.9. The van der Waals surface area contributed by atoms with Crippen LogP contribution in [-0.4, -0.2) is 52.5 Å². The molecule has 0 unspecified atom stereocenters. The fraction of sp³-hybridized carbons (Fsp3) is 0.960. The Balaban J connectivity index is 1.58. The first-order chi connectivity index (χ1) is 14.4. The standard InChI is InChI=1S/C25H42O6/c1-12(2)22(28)30-21-20(27)19(26)14(4)29-23(21)31-25(7)11-10-16-18(24(16,5)6)17-13(3)8-9-15(17)25/h12-21,23,26-27H,8-11H2,1-7H3/t13-,14-,15+,16-,17-,18-,19+,20+,21-,23+,25-/m1/s1. The van der Waals surface area contributed by atoms with Gasteiger partial charge in [-0.15, -0.1) is 0 Å². The van der Waals surface area contributed by atoms with Crippen LogP contribution in [0.5, 0.6) is 0 Å². The van der Waals surface area contributed by atoms with E-state index in [-0.39, 0.29) is 5.92 Å². The Bertz CT molecular complexity index is 691. The number of rotatable bonds is 4. The van der Waals surface area contributed by atoms with Gasteiger partial charge in [0.2, 0.25) is 0 Å². The summed E-state index contributed by atoms with van der Waals surface area (Å²) in [4.78, 5) is 12.3. The molecule has 4 rings (SSSR count). The summed E-state index contributed by atoms with van der Waals surface area (Å²) < 4.78 is 18.3. The van der Waals surface area contributed by atoms with Crippen molar-refractivity contribution in [1.29, 1.82) is 0 Å². The van der Waals surface area contributed by atoms with Crippen molar-refractivity contribution in [2.45, 2.75) is 110 Å². The first kappa shape index (κ1) is 23.5. The summed E-state index contributed by atoms with van der Waals surface area (Å²) in [5.41, 5.74) is 0.00213. The van der Waals surface area contributed by atoms with Crippen molar-refractivity contribution in [2.24, 2.45) is 40.9 Å². The van der Waals surface area contributed by atoms with Gasteiger partial charge in [0.05, 0.1) is 17.6 Å². The quantitative estimate of drug-likeness (QED) is 0.653. The van der Waals surface area contributed by atoms with Gasteiger partial charge in [-0.05, 0) is 68.1 Å². The predicted molar refractivity (Wildman–Crippen MR) is 116 cm³/mol. The average Bonchev–Trinajstić information content (AvgIpc) is 3.06. The Morgan fingerprint density at radius 2 is 1.71 bits per heavy atom. The highest BCUT2D eigenvalue weighted by Gasteiger charge is 2.67. The molecule has 1 aliphatic heterocycles. The summed E-state index contributed by atoms with van der Waals surface area (Å²) in [7, 11) is 0. The number of aliphatic hydroxyl groups is 2. The van der Waals surface area contributed by atoms with E-state index in [9.17, 15) is 15.0 Å². The normalized spacial score (nSPS) is 51.0. The summed E-state index contributed by atoms with van der Waals surface area (Å²) in [5.74, 6) is 2.43. The lowest BCUT2D eigenvalue weighted by Crippen LogP contribution is -2.61. The van der Waals surface area contributed by atoms with Gasteiger partial charge in [0.1, 0.15) is 12.2 Å². The molecule has 31 heavy (non-hydrogen) atoms. The van der Waals surface area contributed by atoms with Gasteiger partial charge >= 0.3 is 5.97 Å². The lowest BCUT2D eigenvalue weighted by Gasteiger charge is -2.47. The molecule has 1 heterocycles. The zero-order chi connectivity index (χ0) is 22.9. The molecule has 0 amide bonds. The molecule has 0 aromatic heterocycles. The minimum Gasteiger partial charge on any atom is -0.454 e. The van der Waals surface area contributed by atoms with Crippen LogP contribution in [0.4, 0.5) is 0 Å². The molecule has 4 aliphatic rings. The number of carbonyl (C=O) groups excluding carboxylic acids is 1. The minimum absolute atomic E-state index is 0.341. The number of ether oxygens (including phenoxy) is 3. The van der Waals surface area contributed by atoms with Gasteiger partial charge in [0.15, 0.2) is 12.4 Å². The number of fused-ring (bicyclic) bond motifs is 3. The maximum absolute atomic E-state index is 12.3. The summed E-state index contributed by atoms with van der Waals surface area (Å²) in [6, 6.07) is 0. The van der Waals surface area contributed by atoms with Crippen LogP contribution in [0.2, 0.25) is 0 Å². The molecule has 0 bridgehead atoms. The fourth-order valence-electron chi connectivity index (χ4n) is 7.17. The second kappa shape index (κ2) is 7.96. The van der Waals surface area contributed by atoms with E-state index in [0.717, 1.165) is 31.1 Å². The van der Waals surface area contributed by atoms with Crippen molar-refractivity contribution in [1.82, 2.24) is 0 Å². The Morgan fingerprint density at radius 1 is 1.03 bits per heavy atom. The molecule has 2 N–H and O–H groups in total. The Hall–Kier alpha value is -0.690. The van der Waals surface area contributed by atoms with Crippen LogP contribution < -0.4 is 0 Å². The second-order valence-corrected chi connectivity index (χ2v) is 11.9. The number of esters is 1. The predicted octanol–water partition coefficient (Wildman–Crippen LogP) is 3.52.